The minimum atomic E-state index is -1.76. The SMILES string of the molecule is C#CCCCC(=O)N[C@H](Cc1ccccc1)C(=O)N[C@@H](Cc1ccccc1)C(=O)N[C@@H](Cc1ccccc1)C(=O)N[C@@H](Cc1ccccc1)C(=O)N[C@@H](Cc1ccccc1)C(=O)N[C@@H](CC(C)C)C(=O)N[C@H](CC(C)C)C(=O)N[C@H](CC(C)C)C(=O)N[C@H](CC(C)C)C(=O)N[C@H](CC(C)C)C(=O)N[C@H](CC(=O)OCc1ccccc1)C(=O)N[C@@H](CC(=O)OCc1ccccc1)C(=O)NCCCC. The number of unbranched alkanes of at least 4 members (excludes halogenated alkanes) is 2. The van der Waals surface area contributed by atoms with Gasteiger partial charge in [-0.05, 0) is 113 Å². The van der Waals surface area contributed by atoms with Crippen molar-refractivity contribution in [2.75, 3.05) is 6.54 Å². The summed E-state index contributed by atoms with van der Waals surface area (Å²) < 4.78 is 11.1. The van der Waals surface area contributed by atoms with Crippen LogP contribution in [0.3, 0.4) is 0 Å². The number of amides is 13. The van der Waals surface area contributed by atoms with Crippen LogP contribution in [0.1, 0.15) is 192 Å². The van der Waals surface area contributed by atoms with E-state index in [0.29, 0.717) is 59.1 Å². The van der Waals surface area contributed by atoms with Crippen LogP contribution in [0.5, 0.6) is 0 Å². The molecule has 0 unspecified atom stereocenters. The molecule has 13 N–H and O–H groups in total. The molecule has 7 rings (SSSR count). The van der Waals surface area contributed by atoms with Gasteiger partial charge in [0.15, 0.2) is 0 Å². The molecule has 0 bridgehead atoms. The maximum Gasteiger partial charge on any atom is 0.308 e. The third kappa shape index (κ3) is 41.5. The minimum absolute atomic E-state index is 0.00986. The Kier molecular flexibility index (Phi) is 47.5. The third-order valence-corrected chi connectivity index (χ3v) is 22.3. The van der Waals surface area contributed by atoms with E-state index in [-0.39, 0.29) is 120 Å². The Morgan fingerprint density at radius 1 is 0.263 bits per heavy atom. The van der Waals surface area contributed by atoms with E-state index in [0.717, 1.165) is 5.56 Å². The summed E-state index contributed by atoms with van der Waals surface area (Å²) in [4.78, 5) is 220. The predicted molar refractivity (Wildman–Crippen MR) is 523 cm³/mol. The number of hydrogen-bond donors (Lipinski definition) is 13. The van der Waals surface area contributed by atoms with E-state index in [9.17, 15) is 38.4 Å². The Morgan fingerprint density at radius 2 is 0.467 bits per heavy atom. The molecule has 0 saturated carbocycles. The van der Waals surface area contributed by atoms with E-state index >= 15 is 33.6 Å². The number of rotatable bonds is 58. The Labute approximate surface area is 805 Å². The van der Waals surface area contributed by atoms with Gasteiger partial charge < -0.3 is 78.6 Å². The first kappa shape index (κ1) is 110. The molecule has 0 aliphatic heterocycles. The lowest BCUT2D eigenvalue weighted by Crippen LogP contribution is -2.61. The van der Waals surface area contributed by atoms with Gasteiger partial charge in [-0.2, -0.15) is 0 Å². The van der Waals surface area contributed by atoms with Crippen LogP contribution in [-0.2, 0) is 127 Å². The maximum absolute atomic E-state index is 15.5. The number of esters is 2. The van der Waals surface area contributed by atoms with Gasteiger partial charge in [0, 0.05) is 51.5 Å². The number of carbonyl (C=O) groups is 15. The number of benzene rings is 7. The molecule has 13 amide bonds. The smallest absolute Gasteiger partial charge is 0.308 e. The molecule has 734 valence electrons. The quantitative estimate of drug-likeness (QED) is 0.00959. The molecule has 0 heterocycles. The normalized spacial score (nSPS) is 13.8. The van der Waals surface area contributed by atoms with E-state index < -0.39 is 174 Å². The Balaban J connectivity index is 1.12. The molecule has 12 atom stereocenters. The molecule has 0 spiro atoms. The standard InChI is InChI=1S/C107H139N13O17/c1-13-15-24-53-93(121)109-86(60-74-39-25-17-26-40-74)102(130)115-88(62-76-43-29-19-30-44-76)104(132)117-90(64-78-47-33-21-34-48-78)106(134)118-89(63-77-45-31-20-32-46-77)105(133)116-87(61-75-41-27-18-28-42-75)103(131)114-84(58-72(9)10)100(128)112-82(56-70(5)6)98(126)110-81(55-69(3)4)97(125)111-83(57-71(7)8)99(127)113-85(59-73(11)12)101(129)120-92(66-95(123)137-68-80-51-37-23-38-52-80)107(135)119-91(96(124)108-54-16-14-2)65-94(122)136-67-79-49-35-22-36-50-79/h1,17-23,25-52,69-73,81-92H,14-16,24,53-68H2,2-12H3,(H,108,124)(H,109,121)(H,110,126)(H,111,125)(H,112,128)(H,113,127)(H,114,131)(H,115,130)(H,116,133)(H,117,132)(H,118,134)(H,119,135)(H,120,129)/t81-,82-,83-,84+,85-,86-,87+,88+,89+,90+,91+,92-/m1/s1. The molecule has 0 aliphatic rings. The van der Waals surface area contributed by atoms with Gasteiger partial charge in [-0.1, -0.05) is 295 Å². The number of terminal acetylenes is 1. The molecule has 137 heavy (non-hydrogen) atoms. The highest BCUT2D eigenvalue weighted by molar-refractivity contribution is 6.01. The van der Waals surface area contributed by atoms with Crippen LogP contribution in [-0.4, -0.2) is 168 Å². The molecule has 0 saturated heterocycles. The predicted octanol–water partition coefficient (Wildman–Crippen LogP) is 9.23. The number of ether oxygens (including phenoxy) is 2. The van der Waals surface area contributed by atoms with Crippen LogP contribution in [0.15, 0.2) is 212 Å². The second-order valence-corrected chi connectivity index (χ2v) is 36.8. The second kappa shape index (κ2) is 59.1. The summed E-state index contributed by atoms with van der Waals surface area (Å²) in [6, 6.07) is 45.0. The van der Waals surface area contributed by atoms with E-state index in [1.807, 2.05) is 80.5 Å². The van der Waals surface area contributed by atoms with Crippen LogP contribution in [0.4, 0.5) is 0 Å². The maximum atomic E-state index is 15.5. The van der Waals surface area contributed by atoms with E-state index in [2.05, 4.69) is 75.0 Å². The van der Waals surface area contributed by atoms with Gasteiger partial charge in [-0.15, -0.1) is 12.3 Å². The van der Waals surface area contributed by atoms with Gasteiger partial charge >= 0.3 is 11.9 Å². The van der Waals surface area contributed by atoms with E-state index in [1.54, 1.807) is 208 Å². The first-order valence-corrected chi connectivity index (χ1v) is 47.6. The molecular formula is C107H139N13O17. The number of carbonyl (C=O) groups excluding carboxylic acids is 15. The van der Waals surface area contributed by atoms with Crippen molar-refractivity contribution in [2.45, 2.75) is 271 Å². The Hall–Kier alpha value is -13.9. The summed E-state index contributed by atoms with van der Waals surface area (Å²) in [5, 5.41) is 36.6. The summed E-state index contributed by atoms with van der Waals surface area (Å²) in [7, 11) is 0. The van der Waals surface area contributed by atoms with Crippen LogP contribution in [0.2, 0.25) is 0 Å². The Morgan fingerprint density at radius 3 is 0.701 bits per heavy atom. The van der Waals surface area contributed by atoms with E-state index in [1.165, 1.54) is 0 Å². The van der Waals surface area contributed by atoms with Crippen LogP contribution < -0.4 is 69.1 Å². The molecule has 30 heteroatoms. The van der Waals surface area contributed by atoms with Crippen molar-refractivity contribution in [1.82, 2.24) is 69.1 Å². The topological polar surface area (TPSA) is 431 Å². The molecule has 0 radical (unpaired) electrons. The van der Waals surface area contributed by atoms with Crippen LogP contribution in [0.25, 0.3) is 0 Å². The third-order valence-electron chi connectivity index (χ3n) is 22.3. The Bertz CT molecular complexity index is 5050. The van der Waals surface area contributed by atoms with Gasteiger partial charge in [0.25, 0.3) is 0 Å². The largest absolute Gasteiger partial charge is 0.461 e. The average Bonchev–Trinajstić information content (AvgIpc) is 0.838. The van der Waals surface area contributed by atoms with Crippen molar-refractivity contribution in [1.29, 1.82) is 0 Å². The number of nitrogens with one attached hydrogen (secondary N) is 13. The van der Waals surface area contributed by atoms with Crippen molar-refractivity contribution in [3.63, 3.8) is 0 Å². The van der Waals surface area contributed by atoms with Gasteiger partial charge in [0.05, 0.1) is 12.8 Å². The van der Waals surface area contributed by atoms with Crippen molar-refractivity contribution in [3.05, 3.63) is 251 Å². The zero-order chi connectivity index (χ0) is 99.7. The van der Waals surface area contributed by atoms with Crippen LogP contribution >= 0.6 is 0 Å². The highest BCUT2D eigenvalue weighted by atomic mass is 16.5. The fourth-order valence-corrected chi connectivity index (χ4v) is 15.3. The summed E-state index contributed by atoms with van der Waals surface area (Å²) >= 11 is 0. The van der Waals surface area contributed by atoms with Crippen molar-refractivity contribution >= 4 is 88.7 Å². The summed E-state index contributed by atoms with van der Waals surface area (Å²) in [5.41, 5.74) is 4.49. The zero-order valence-electron chi connectivity index (χ0n) is 80.7. The summed E-state index contributed by atoms with van der Waals surface area (Å²) in [5.74, 6) is -10.8. The molecule has 7 aromatic carbocycles. The fourth-order valence-electron chi connectivity index (χ4n) is 15.3. The van der Waals surface area contributed by atoms with Gasteiger partial charge in [0.2, 0.25) is 76.8 Å². The molecule has 7 aromatic rings. The lowest BCUT2D eigenvalue weighted by Gasteiger charge is -2.30. The lowest BCUT2D eigenvalue weighted by atomic mass is 9.97. The van der Waals surface area contributed by atoms with Gasteiger partial charge in [0.1, 0.15) is 85.7 Å². The van der Waals surface area contributed by atoms with Crippen molar-refractivity contribution < 1.29 is 81.4 Å². The molecule has 0 fully saturated rings. The van der Waals surface area contributed by atoms with Crippen molar-refractivity contribution in [2.24, 2.45) is 29.6 Å². The molecule has 0 aromatic heterocycles. The fraction of sp³-hybridized carbons (Fsp3) is 0.449. The molecule has 30 nitrogen and oxygen atoms in total. The van der Waals surface area contributed by atoms with E-state index in [4.69, 9.17) is 15.9 Å². The summed E-state index contributed by atoms with van der Waals surface area (Å²) in [6.07, 6.45) is 5.82. The van der Waals surface area contributed by atoms with Crippen molar-refractivity contribution in [3.8, 4) is 12.3 Å². The molecular weight excluding hydrogens is 1740 g/mol. The van der Waals surface area contributed by atoms with Gasteiger partial charge in [-0.3, -0.25) is 71.9 Å². The highest BCUT2D eigenvalue weighted by Gasteiger charge is 2.40. The second-order valence-electron chi connectivity index (χ2n) is 36.8. The lowest BCUT2D eigenvalue weighted by molar-refractivity contribution is -0.149. The first-order valence-electron chi connectivity index (χ1n) is 47.6. The summed E-state index contributed by atoms with van der Waals surface area (Å²) in [6.45, 7) is 19.9. The number of hydrogen-bond acceptors (Lipinski definition) is 17. The minimum Gasteiger partial charge on any atom is -0.461 e. The first-order chi connectivity index (χ1) is 65.6. The average molecular weight is 1880 g/mol. The monoisotopic (exact) mass is 1880 g/mol. The van der Waals surface area contributed by atoms with Crippen LogP contribution in [0, 0.1) is 41.9 Å². The molecule has 0 aliphatic carbocycles. The highest BCUT2D eigenvalue weighted by Crippen LogP contribution is 2.20. The van der Waals surface area contributed by atoms with Gasteiger partial charge in [-0.25, -0.2) is 0 Å². The zero-order valence-corrected chi connectivity index (χ0v) is 80.7.